The molecule has 86 valence electrons. The van der Waals surface area contributed by atoms with Crippen molar-refractivity contribution in [3.05, 3.63) is 0 Å². The van der Waals surface area contributed by atoms with E-state index >= 15 is 0 Å². The lowest BCUT2D eigenvalue weighted by atomic mass is 10.0. The molecule has 0 aliphatic carbocycles. The second kappa shape index (κ2) is 5.26. The fourth-order valence-electron chi connectivity index (χ4n) is 2.13. The molecule has 1 rings (SSSR count). The maximum absolute atomic E-state index is 12.1. The summed E-state index contributed by atoms with van der Waals surface area (Å²) in [4.78, 5) is 24.6. The van der Waals surface area contributed by atoms with E-state index in [1.807, 2.05) is 13.8 Å². The molecule has 0 saturated carbocycles. The van der Waals surface area contributed by atoms with Crippen molar-refractivity contribution < 1.29 is 9.59 Å². The van der Waals surface area contributed by atoms with Crippen molar-refractivity contribution in [3.8, 4) is 0 Å². The Balaban J connectivity index is 2.69. The van der Waals surface area contributed by atoms with E-state index in [1.54, 1.807) is 11.9 Å². The van der Waals surface area contributed by atoms with Crippen LogP contribution in [0.5, 0.6) is 0 Å². The molecule has 1 unspecified atom stereocenters. The predicted molar refractivity (Wildman–Crippen MR) is 58.5 cm³/mol. The van der Waals surface area contributed by atoms with E-state index in [2.05, 4.69) is 5.32 Å². The largest absolute Gasteiger partial charge is 0.332 e. The Bertz CT molecular complexity index is 241. The lowest BCUT2D eigenvalue weighted by molar-refractivity contribution is -0.137. The third-order valence-electron chi connectivity index (χ3n) is 2.98. The van der Waals surface area contributed by atoms with Gasteiger partial charge in [0.1, 0.15) is 6.29 Å². The van der Waals surface area contributed by atoms with E-state index in [0.717, 1.165) is 19.1 Å². The molecule has 1 heterocycles. The molecular weight excluding hydrogens is 192 g/mol. The van der Waals surface area contributed by atoms with Crippen molar-refractivity contribution in [2.75, 3.05) is 13.6 Å². The third-order valence-corrected chi connectivity index (χ3v) is 2.98. The summed E-state index contributed by atoms with van der Waals surface area (Å²) in [7, 11) is 1.79. The van der Waals surface area contributed by atoms with Crippen molar-refractivity contribution in [2.24, 2.45) is 5.92 Å². The van der Waals surface area contributed by atoms with Gasteiger partial charge >= 0.3 is 0 Å². The summed E-state index contributed by atoms with van der Waals surface area (Å²) >= 11 is 0. The maximum Gasteiger partial charge on any atom is 0.240 e. The SMILES string of the molecule is CNC(C(=O)N1CCC[C@H]1C=O)C(C)C. The normalized spacial score (nSPS) is 23.2. The molecule has 0 radical (unpaired) electrons. The molecule has 1 amide bonds. The standard InChI is InChI=1S/C11H20N2O2/c1-8(2)10(12-3)11(15)13-6-4-5-9(13)7-14/h7-10,12H,4-6H2,1-3H3/t9-,10?/m0/s1. The first-order chi connectivity index (χ1) is 7.11. The fourth-order valence-corrected chi connectivity index (χ4v) is 2.13. The number of hydrogen-bond donors (Lipinski definition) is 1. The first-order valence-electron chi connectivity index (χ1n) is 5.54. The Morgan fingerprint density at radius 2 is 2.20 bits per heavy atom. The number of aldehydes is 1. The van der Waals surface area contributed by atoms with Crippen LogP contribution in [-0.2, 0) is 9.59 Å². The topological polar surface area (TPSA) is 49.4 Å². The van der Waals surface area contributed by atoms with Gasteiger partial charge in [0.2, 0.25) is 5.91 Å². The quantitative estimate of drug-likeness (QED) is 0.687. The Morgan fingerprint density at radius 1 is 1.53 bits per heavy atom. The summed E-state index contributed by atoms with van der Waals surface area (Å²) in [5.74, 6) is 0.303. The van der Waals surface area contributed by atoms with Crippen molar-refractivity contribution in [1.82, 2.24) is 10.2 Å². The summed E-state index contributed by atoms with van der Waals surface area (Å²) in [6.45, 7) is 4.73. The molecule has 1 aliphatic heterocycles. The molecule has 0 aromatic carbocycles. The van der Waals surface area contributed by atoms with Crippen molar-refractivity contribution in [1.29, 1.82) is 0 Å². The molecule has 4 heteroatoms. The molecule has 0 spiro atoms. The number of amides is 1. The van der Waals surface area contributed by atoms with Crippen LogP contribution in [0, 0.1) is 5.92 Å². The molecule has 1 fully saturated rings. The number of rotatable bonds is 4. The van der Waals surface area contributed by atoms with Gasteiger partial charge in [0.15, 0.2) is 0 Å². The van der Waals surface area contributed by atoms with Crippen LogP contribution in [0.1, 0.15) is 26.7 Å². The monoisotopic (exact) mass is 212 g/mol. The van der Waals surface area contributed by atoms with Crippen LogP contribution >= 0.6 is 0 Å². The van der Waals surface area contributed by atoms with E-state index < -0.39 is 0 Å². The van der Waals surface area contributed by atoms with Crippen LogP contribution < -0.4 is 5.32 Å². The van der Waals surface area contributed by atoms with Gasteiger partial charge in [-0.1, -0.05) is 13.8 Å². The van der Waals surface area contributed by atoms with E-state index in [9.17, 15) is 9.59 Å². The number of nitrogens with one attached hydrogen (secondary N) is 1. The lowest BCUT2D eigenvalue weighted by Crippen LogP contribution is -2.50. The Hall–Kier alpha value is -0.900. The summed E-state index contributed by atoms with van der Waals surface area (Å²) in [6, 6.07) is -0.377. The van der Waals surface area contributed by atoms with Crippen LogP contribution in [0.25, 0.3) is 0 Å². The van der Waals surface area contributed by atoms with Gasteiger partial charge in [-0.2, -0.15) is 0 Å². The minimum atomic E-state index is -0.202. The summed E-state index contributed by atoms with van der Waals surface area (Å²) in [5, 5.41) is 3.02. The van der Waals surface area contributed by atoms with E-state index in [1.165, 1.54) is 0 Å². The van der Waals surface area contributed by atoms with Gasteiger partial charge in [-0.05, 0) is 25.8 Å². The zero-order valence-corrected chi connectivity index (χ0v) is 9.69. The number of carbonyl (C=O) groups excluding carboxylic acids is 2. The van der Waals surface area contributed by atoms with Gasteiger partial charge in [0, 0.05) is 6.54 Å². The second-order valence-corrected chi connectivity index (χ2v) is 4.39. The van der Waals surface area contributed by atoms with Crippen LogP contribution in [-0.4, -0.2) is 42.8 Å². The molecule has 0 aromatic rings. The number of likely N-dealkylation sites (tertiary alicyclic amines) is 1. The molecular formula is C11H20N2O2. The van der Waals surface area contributed by atoms with Crippen LogP contribution in [0.15, 0.2) is 0 Å². The molecule has 0 bridgehead atoms. The van der Waals surface area contributed by atoms with Crippen molar-refractivity contribution >= 4 is 12.2 Å². The second-order valence-electron chi connectivity index (χ2n) is 4.39. The van der Waals surface area contributed by atoms with Crippen LogP contribution in [0.3, 0.4) is 0 Å². The molecule has 1 aliphatic rings. The summed E-state index contributed by atoms with van der Waals surface area (Å²) in [6.07, 6.45) is 2.63. The molecule has 0 aromatic heterocycles. The molecule has 1 N–H and O–H groups in total. The zero-order chi connectivity index (χ0) is 11.4. The van der Waals surface area contributed by atoms with Crippen molar-refractivity contribution in [3.63, 3.8) is 0 Å². The highest BCUT2D eigenvalue weighted by molar-refractivity contribution is 5.85. The van der Waals surface area contributed by atoms with Crippen LogP contribution in [0.4, 0.5) is 0 Å². The Labute approximate surface area is 91.0 Å². The Kier molecular flexibility index (Phi) is 4.27. The predicted octanol–water partition coefficient (Wildman–Crippen LogP) is 0.420. The zero-order valence-electron chi connectivity index (χ0n) is 9.69. The first kappa shape index (κ1) is 12.2. The average Bonchev–Trinajstić information content (AvgIpc) is 2.65. The van der Waals surface area contributed by atoms with Gasteiger partial charge in [-0.15, -0.1) is 0 Å². The molecule has 2 atom stereocenters. The third kappa shape index (κ3) is 2.56. The van der Waals surface area contributed by atoms with Gasteiger partial charge in [-0.25, -0.2) is 0 Å². The average molecular weight is 212 g/mol. The minimum Gasteiger partial charge on any atom is -0.332 e. The van der Waals surface area contributed by atoms with E-state index in [0.29, 0.717) is 6.54 Å². The minimum absolute atomic E-state index is 0.0575. The fraction of sp³-hybridized carbons (Fsp3) is 0.818. The van der Waals surface area contributed by atoms with Gasteiger partial charge in [-0.3, -0.25) is 4.79 Å². The number of nitrogens with zero attached hydrogens (tertiary/aromatic N) is 1. The first-order valence-corrected chi connectivity index (χ1v) is 5.54. The smallest absolute Gasteiger partial charge is 0.240 e. The molecule has 15 heavy (non-hydrogen) atoms. The highest BCUT2D eigenvalue weighted by Gasteiger charge is 2.33. The molecule has 4 nitrogen and oxygen atoms in total. The maximum atomic E-state index is 12.1. The number of hydrogen-bond acceptors (Lipinski definition) is 3. The van der Waals surface area contributed by atoms with Gasteiger partial charge in [0.25, 0.3) is 0 Å². The van der Waals surface area contributed by atoms with E-state index in [4.69, 9.17) is 0 Å². The number of likely N-dealkylation sites (N-methyl/N-ethyl adjacent to an activating group) is 1. The highest BCUT2D eigenvalue weighted by Crippen LogP contribution is 2.18. The summed E-state index contributed by atoms with van der Waals surface area (Å²) in [5.41, 5.74) is 0. The Morgan fingerprint density at radius 3 is 2.67 bits per heavy atom. The van der Waals surface area contributed by atoms with Crippen LogP contribution in [0.2, 0.25) is 0 Å². The van der Waals surface area contributed by atoms with Gasteiger partial charge in [0.05, 0.1) is 12.1 Å². The summed E-state index contributed by atoms with van der Waals surface area (Å²) < 4.78 is 0. The molecule has 1 saturated heterocycles. The highest BCUT2D eigenvalue weighted by atomic mass is 16.2. The number of carbonyl (C=O) groups is 2. The van der Waals surface area contributed by atoms with Crippen molar-refractivity contribution in [2.45, 2.75) is 38.8 Å². The van der Waals surface area contributed by atoms with Gasteiger partial charge < -0.3 is 15.0 Å². The lowest BCUT2D eigenvalue weighted by Gasteiger charge is -2.27. The van der Waals surface area contributed by atoms with E-state index in [-0.39, 0.29) is 23.9 Å².